The van der Waals surface area contributed by atoms with Gasteiger partial charge in [0.05, 0.1) is 18.8 Å². The zero-order valence-corrected chi connectivity index (χ0v) is 16.8. The number of nitrogens with zero attached hydrogens (tertiary/aromatic N) is 3. The van der Waals surface area contributed by atoms with E-state index in [0.717, 1.165) is 37.4 Å². The van der Waals surface area contributed by atoms with Crippen LogP contribution in [0.5, 0.6) is 0 Å². The molecule has 152 valence electrons. The Morgan fingerprint density at radius 3 is 2.68 bits per heavy atom. The molecule has 0 bridgehead atoms. The van der Waals surface area contributed by atoms with Gasteiger partial charge in [0.25, 0.3) is 11.8 Å². The molecule has 0 spiro atoms. The molecule has 1 atom stereocenters. The first-order valence-electron chi connectivity index (χ1n) is 9.99. The molecule has 4 heterocycles. The molecule has 1 unspecified atom stereocenters. The minimum atomic E-state index is -0.194. The van der Waals surface area contributed by atoms with Gasteiger partial charge in [-0.05, 0) is 30.2 Å². The number of hydrogen-bond acceptors (Lipinski definition) is 7. The van der Waals surface area contributed by atoms with Gasteiger partial charge in [0, 0.05) is 50.8 Å². The van der Waals surface area contributed by atoms with Gasteiger partial charge in [-0.1, -0.05) is 6.07 Å². The van der Waals surface area contributed by atoms with Crippen molar-refractivity contribution in [3.8, 4) is 0 Å². The number of piperidine rings is 1. The molecule has 1 aromatic heterocycles. The number of hydrogen-bond donors (Lipinski definition) is 1. The molecular formula is C20H27N3O4S. The van der Waals surface area contributed by atoms with Crippen molar-refractivity contribution in [2.24, 2.45) is 5.92 Å². The van der Waals surface area contributed by atoms with Crippen LogP contribution >= 0.6 is 11.3 Å². The van der Waals surface area contributed by atoms with E-state index in [-0.39, 0.29) is 24.3 Å². The number of aliphatic hydroxyl groups excluding tert-OH is 1. The van der Waals surface area contributed by atoms with Crippen LogP contribution in [0.15, 0.2) is 23.2 Å². The largest absolute Gasteiger partial charge is 0.396 e. The van der Waals surface area contributed by atoms with Gasteiger partial charge in [-0.15, -0.1) is 11.3 Å². The molecule has 2 fully saturated rings. The summed E-state index contributed by atoms with van der Waals surface area (Å²) in [5, 5.41) is 11.5. The Kier molecular flexibility index (Phi) is 6.10. The van der Waals surface area contributed by atoms with Gasteiger partial charge in [0.2, 0.25) is 0 Å². The van der Waals surface area contributed by atoms with Crippen molar-refractivity contribution in [3.05, 3.63) is 28.1 Å². The van der Waals surface area contributed by atoms with E-state index in [4.69, 9.17) is 4.74 Å². The average molecular weight is 406 g/mol. The lowest BCUT2D eigenvalue weighted by Crippen LogP contribution is -2.45. The van der Waals surface area contributed by atoms with Gasteiger partial charge < -0.3 is 14.7 Å². The molecule has 0 aromatic carbocycles. The van der Waals surface area contributed by atoms with Crippen LogP contribution in [0.1, 0.15) is 17.7 Å². The number of thiophene rings is 1. The molecule has 0 aliphatic carbocycles. The van der Waals surface area contributed by atoms with E-state index >= 15 is 0 Å². The maximum atomic E-state index is 13.3. The van der Waals surface area contributed by atoms with Crippen LogP contribution in [-0.4, -0.2) is 90.7 Å². The minimum absolute atomic E-state index is 0.112. The van der Waals surface area contributed by atoms with Crippen molar-refractivity contribution in [2.45, 2.75) is 12.8 Å². The Balaban J connectivity index is 1.57. The van der Waals surface area contributed by atoms with Gasteiger partial charge >= 0.3 is 0 Å². The van der Waals surface area contributed by atoms with Crippen LogP contribution in [0.4, 0.5) is 0 Å². The number of imide groups is 1. The van der Waals surface area contributed by atoms with Crippen molar-refractivity contribution >= 4 is 28.7 Å². The molecule has 1 aromatic rings. The van der Waals surface area contributed by atoms with E-state index in [1.54, 1.807) is 0 Å². The normalized spacial score (nSPS) is 24.5. The smallest absolute Gasteiger partial charge is 0.277 e. The third-order valence-corrected chi connectivity index (χ3v) is 6.64. The predicted octanol–water partition coefficient (Wildman–Crippen LogP) is 0.865. The monoisotopic (exact) mass is 405 g/mol. The highest BCUT2D eigenvalue weighted by Crippen LogP contribution is 2.35. The second kappa shape index (κ2) is 8.73. The highest BCUT2D eigenvalue weighted by molar-refractivity contribution is 7.11. The standard InChI is InChI=1S/C20H27N3O4S/c24-14-15-3-1-5-22(13-15)18-17(16-4-2-12-28-16)19(25)23(20(18)26)7-6-21-8-10-27-11-9-21/h2,4,12,15,24H,1,3,5-11,13-14H2. The summed E-state index contributed by atoms with van der Waals surface area (Å²) in [6.45, 7) is 5.61. The quantitative estimate of drug-likeness (QED) is 0.708. The number of likely N-dealkylation sites (tertiary alicyclic amines) is 1. The number of ether oxygens (including phenoxy) is 1. The van der Waals surface area contributed by atoms with Crippen molar-refractivity contribution in [1.29, 1.82) is 0 Å². The van der Waals surface area contributed by atoms with E-state index in [9.17, 15) is 14.7 Å². The molecule has 7 nitrogen and oxygen atoms in total. The van der Waals surface area contributed by atoms with Crippen LogP contribution in [0, 0.1) is 5.92 Å². The van der Waals surface area contributed by atoms with E-state index < -0.39 is 0 Å². The second-order valence-corrected chi connectivity index (χ2v) is 8.50. The molecule has 2 saturated heterocycles. The van der Waals surface area contributed by atoms with Crippen molar-refractivity contribution in [2.75, 3.05) is 59.1 Å². The molecule has 0 radical (unpaired) electrons. The zero-order chi connectivity index (χ0) is 19.5. The predicted molar refractivity (Wildman–Crippen MR) is 107 cm³/mol. The van der Waals surface area contributed by atoms with Gasteiger partial charge in [-0.3, -0.25) is 19.4 Å². The second-order valence-electron chi connectivity index (χ2n) is 7.55. The molecule has 2 amide bonds. The SMILES string of the molecule is O=C1C(c2cccs2)=C(N2CCCC(CO)C2)C(=O)N1CCN1CCOCC1. The van der Waals surface area contributed by atoms with E-state index in [0.29, 0.717) is 44.1 Å². The fraction of sp³-hybridized carbons (Fsp3) is 0.600. The van der Waals surface area contributed by atoms with Crippen LogP contribution in [-0.2, 0) is 14.3 Å². The average Bonchev–Trinajstić information content (AvgIpc) is 3.34. The summed E-state index contributed by atoms with van der Waals surface area (Å²) in [7, 11) is 0. The van der Waals surface area contributed by atoms with Crippen LogP contribution < -0.4 is 0 Å². The highest BCUT2D eigenvalue weighted by atomic mass is 32.1. The van der Waals surface area contributed by atoms with Crippen molar-refractivity contribution in [1.82, 2.24) is 14.7 Å². The Labute approximate surface area is 169 Å². The summed E-state index contributed by atoms with van der Waals surface area (Å²) in [5.74, 6) is -0.238. The number of morpholine rings is 1. The Morgan fingerprint density at radius 2 is 1.96 bits per heavy atom. The topological polar surface area (TPSA) is 73.3 Å². The van der Waals surface area contributed by atoms with Gasteiger partial charge in [-0.25, -0.2) is 0 Å². The fourth-order valence-electron chi connectivity index (χ4n) is 4.19. The van der Waals surface area contributed by atoms with E-state index in [1.807, 2.05) is 22.4 Å². The van der Waals surface area contributed by atoms with Gasteiger partial charge in [0.1, 0.15) is 5.70 Å². The Bertz CT molecular complexity index is 743. The number of carbonyl (C=O) groups excluding carboxylic acids is 2. The molecule has 28 heavy (non-hydrogen) atoms. The minimum Gasteiger partial charge on any atom is -0.396 e. The summed E-state index contributed by atoms with van der Waals surface area (Å²) in [4.78, 5) is 33.0. The lowest BCUT2D eigenvalue weighted by atomic mass is 9.98. The van der Waals surface area contributed by atoms with Crippen LogP contribution in [0.2, 0.25) is 0 Å². The maximum Gasteiger partial charge on any atom is 0.277 e. The number of rotatable bonds is 6. The number of amides is 2. The fourth-order valence-corrected chi connectivity index (χ4v) is 4.95. The first-order valence-corrected chi connectivity index (χ1v) is 10.9. The molecular weight excluding hydrogens is 378 g/mol. The highest BCUT2D eigenvalue weighted by Gasteiger charge is 2.42. The first-order chi connectivity index (χ1) is 13.7. The third-order valence-electron chi connectivity index (χ3n) is 5.75. The summed E-state index contributed by atoms with van der Waals surface area (Å²) < 4.78 is 5.37. The molecule has 3 aliphatic heterocycles. The third kappa shape index (κ3) is 3.87. The van der Waals surface area contributed by atoms with Crippen LogP contribution in [0.3, 0.4) is 0 Å². The van der Waals surface area contributed by atoms with Gasteiger partial charge in [0.15, 0.2) is 0 Å². The molecule has 0 saturated carbocycles. The van der Waals surface area contributed by atoms with E-state index in [2.05, 4.69) is 4.90 Å². The molecule has 8 heteroatoms. The number of carbonyl (C=O) groups is 2. The number of aliphatic hydroxyl groups is 1. The molecule has 4 rings (SSSR count). The lowest BCUT2D eigenvalue weighted by Gasteiger charge is -2.34. The maximum absolute atomic E-state index is 13.3. The zero-order valence-electron chi connectivity index (χ0n) is 16.0. The first kappa shape index (κ1) is 19.6. The van der Waals surface area contributed by atoms with E-state index in [1.165, 1.54) is 16.2 Å². The van der Waals surface area contributed by atoms with Gasteiger partial charge in [-0.2, -0.15) is 0 Å². The Hall–Kier alpha value is -1.74. The lowest BCUT2D eigenvalue weighted by molar-refractivity contribution is -0.138. The molecule has 3 aliphatic rings. The van der Waals surface area contributed by atoms with Crippen molar-refractivity contribution < 1.29 is 19.4 Å². The summed E-state index contributed by atoms with van der Waals surface area (Å²) in [6.07, 6.45) is 1.87. The summed E-state index contributed by atoms with van der Waals surface area (Å²) in [6, 6.07) is 3.82. The van der Waals surface area contributed by atoms with Crippen LogP contribution in [0.25, 0.3) is 5.57 Å². The summed E-state index contributed by atoms with van der Waals surface area (Å²) in [5.41, 5.74) is 1.05. The summed E-state index contributed by atoms with van der Waals surface area (Å²) >= 11 is 1.49. The Morgan fingerprint density at radius 1 is 1.14 bits per heavy atom. The molecule has 1 N–H and O–H groups in total. The van der Waals surface area contributed by atoms with Crippen molar-refractivity contribution in [3.63, 3.8) is 0 Å².